The second-order valence-corrected chi connectivity index (χ2v) is 8.11. The SMILES string of the molecule is C=C(/C=C\C(=C/C)C(=O)N(CC)CC)C1CC2(CCNCC2)Oc2cccc(O)c21. The maximum Gasteiger partial charge on any atom is 0.253 e. The van der Waals surface area contributed by atoms with E-state index in [0.29, 0.717) is 18.7 Å². The number of nitrogens with one attached hydrogen (secondary N) is 1. The van der Waals surface area contributed by atoms with Gasteiger partial charge in [-0.3, -0.25) is 4.79 Å². The molecule has 0 aromatic heterocycles. The van der Waals surface area contributed by atoms with Crippen molar-refractivity contribution in [3.05, 3.63) is 59.7 Å². The Morgan fingerprint density at radius 1 is 1.30 bits per heavy atom. The maximum absolute atomic E-state index is 12.7. The topological polar surface area (TPSA) is 61.8 Å². The van der Waals surface area contributed by atoms with Gasteiger partial charge in [0.1, 0.15) is 17.1 Å². The number of ether oxygens (including phenoxy) is 1. The predicted molar refractivity (Wildman–Crippen MR) is 121 cm³/mol. The van der Waals surface area contributed by atoms with E-state index in [-0.39, 0.29) is 23.2 Å². The Balaban J connectivity index is 1.88. The summed E-state index contributed by atoms with van der Waals surface area (Å²) < 4.78 is 6.43. The molecule has 1 spiro atoms. The van der Waals surface area contributed by atoms with Crippen molar-refractivity contribution in [1.82, 2.24) is 10.2 Å². The first-order valence-corrected chi connectivity index (χ1v) is 11.0. The van der Waals surface area contributed by atoms with Crippen LogP contribution in [-0.4, -0.2) is 47.7 Å². The first-order valence-electron chi connectivity index (χ1n) is 11.0. The Hall–Kier alpha value is -2.53. The van der Waals surface area contributed by atoms with Crippen molar-refractivity contribution in [1.29, 1.82) is 0 Å². The van der Waals surface area contributed by atoms with Crippen LogP contribution in [-0.2, 0) is 4.79 Å². The molecule has 2 heterocycles. The van der Waals surface area contributed by atoms with E-state index in [4.69, 9.17) is 4.74 Å². The maximum atomic E-state index is 12.7. The number of aromatic hydroxyl groups is 1. The highest BCUT2D eigenvalue weighted by atomic mass is 16.5. The van der Waals surface area contributed by atoms with Gasteiger partial charge in [0.15, 0.2) is 0 Å². The molecule has 5 nitrogen and oxygen atoms in total. The van der Waals surface area contributed by atoms with Crippen LogP contribution in [0.4, 0.5) is 0 Å². The highest BCUT2D eigenvalue weighted by Gasteiger charge is 2.43. The normalized spacial score (nSPS) is 20.6. The fourth-order valence-electron chi connectivity index (χ4n) is 4.52. The molecular weight excluding hydrogens is 376 g/mol. The van der Waals surface area contributed by atoms with E-state index in [1.54, 1.807) is 6.07 Å². The number of likely N-dealkylation sites (N-methyl/N-ethyl adjacent to an activating group) is 1. The lowest BCUT2D eigenvalue weighted by atomic mass is 9.74. The van der Waals surface area contributed by atoms with Gasteiger partial charge < -0.3 is 20.1 Å². The van der Waals surface area contributed by atoms with E-state index >= 15 is 0 Å². The summed E-state index contributed by atoms with van der Waals surface area (Å²) in [5.41, 5.74) is 2.09. The number of allylic oxidation sites excluding steroid dienone is 3. The van der Waals surface area contributed by atoms with Gasteiger partial charge in [0, 0.05) is 30.1 Å². The van der Waals surface area contributed by atoms with Gasteiger partial charge in [0.25, 0.3) is 5.91 Å². The Bertz CT molecular complexity index is 846. The Morgan fingerprint density at radius 3 is 2.63 bits per heavy atom. The van der Waals surface area contributed by atoms with Crippen LogP contribution >= 0.6 is 0 Å². The highest BCUT2D eigenvalue weighted by Crippen LogP contribution is 2.50. The largest absolute Gasteiger partial charge is 0.508 e. The second-order valence-electron chi connectivity index (χ2n) is 8.11. The summed E-state index contributed by atoms with van der Waals surface area (Å²) in [6.45, 7) is 13.4. The third-order valence-electron chi connectivity index (χ3n) is 6.34. The molecule has 1 amide bonds. The number of carbonyl (C=O) groups is 1. The van der Waals surface area contributed by atoms with Gasteiger partial charge in [-0.05, 0) is 76.9 Å². The number of hydrogen-bond donors (Lipinski definition) is 2. The number of rotatable bonds is 6. The van der Waals surface area contributed by atoms with E-state index in [0.717, 1.165) is 49.2 Å². The molecule has 1 saturated heterocycles. The number of hydrogen-bond acceptors (Lipinski definition) is 4. The van der Waals surface area contributed by atoms with Gasteiger partial charge in [-0.25, -0.2) is 0 Å². The van der Waals surface area contributed by atoms with Crippen molar-refractivity contribution in [2.24, 2.45) is 0 Å². The monoisotopic (exact) mass is 410 g/mol. The molecule has 0 bridgehead atoms. The molecule has 2 N–H and O–H groups in total. The molecule has 0 saturated carbocycles. The molecule has 1 fully saturated rings. The summed E-state index contributed by atoms with van der Waals surface area (Å²) in [5.74, 6) is 0.956. The Morgan fingerprint density at radius 2 is 2.00 bits per heavy atom. The van der Waals surface area contributed by atoms with Crippen molar-refractivity contribution < 1.29 is 14.6 Å². The first kappa shape index (κ1) is 22.2. The Kier molecular flexibility index (Phi) is 7.03. The van der Waals surface area contributed by atoms with Gasteiger partial charge in [-0.15, -0.1) is 0 Å². The molecule has 5 heteroatoms. The number of carbonyl (C=O) groups excluding carboxylic acids is 1. The van der Waals surface area contributed by atoms with Crippen molar-refractivity contribution in [3.63, 3.8) is 0 Å². The molecule has 30 heavy (non-hydrogen) atoms. The molecule has 1 unspecified atom stereocenters. The molecule has 2 aliphatic rings. The van der Waals surface area contributed by atoms with Crippen LogP contribution in [0, 0.1) is 0 Å². The molecule has 3 rings (SSSR count). The number of phenols is 1. The van der Waals surface area contributed by atoms with Crippen LogP contribution < -0.4 is 10.1 Å². The number of nitrogens with zero attached hydrogens (tertiary/aromatic N) is 1. The fourth-order valence-corrected chi connectivity index (χ4v) is 4.52. The number of benzene rings is 1. The number of amides is 1. The molecule has 0 radical (unpaired) electrons. The molecule has 1 aromatic rings. The zero-order valence-electron chi connectivity index (χ0n) is 18.4. The van der Waals surface area contributed by atoms with E-state index < -0.39 is 0 Å². The van der Waals surface area contributed by atoms with E-state index in [1.165, 1.54) is 0 Å². The lowest BCUT2D eigenvalue weighted by molar-refractivity contribution is -0.126. The number of piperidine rings is 1. The zero-order chi connectivity index (χ0) is 21.7. The molecule has 2 aliphatic heterocycles. The minimum Gasteiger partial charge on any atom is -0.508 e. The summed E-state index contributed by atoms with van der Waals surface area (Å²) in [4.78, 5) is 14.5. The fraction of sp³-hybridized carbons (Fsp3) is 0.480. The third kappa shape index (κ3) is 4.46. The Labute approximate surface area is 180 Å². The average Bonchev–Trinajstić information content (AvgIpc) is 2.75. The zero-order valence-corrected chi connectivity index (χ0v) is 18.4. The summed E-state index contributed by atoms with van der Waals surface area (Å²) in [5, 5.41) is 14.0. The summed E-state index contributed by atoms with van der Waals surface area (Å²) in [6, 6.07) is 5.46. The minimum atomic E-state index is -0.242. The lowest BCUT2D eigenvalue weighted by Gasteiger charge is -2.45. The van der Waals surface area contributed by atoms with Gasteiger partial charge >= 0.3 is 0 Å². The quantitative estimate of drug-likeness (QED) is 0.542. The minimum absolute atomic E-state index is 0.0246. The van der Waals surface area contributed by atoms with Gasteiger partial charge in [-0.1, -0.05) is 24.8 Å². The highest BCUT2D eigenvalue weighted by molar-refractivity contribution is 5.96. The molecule has 162 valence electrons. The lowest BCUT2D eigenvalue weighted by Crippen LogP contribution is -2.49. The summed E-state index contributed by atoms with van der Waals surface area (Å²) in [7, 11) is 0. The van der Waals surface area contributed by atoms with Gasteiger partial charge in [0.2, 0.25) is 0 Å². The predicted octanol–water partition coefficient (Wildman–Crippen LogP) is 4.31. The second kappa shape index (κ2) is 9.52. The van der Waals surface area contributed by atoms with Crippen molar-refractivity contribution in [2.45, 2.75) is 51.6 Å². The van der Waals surface area contributed by atoms with E-state index in [2.05, 4.69) is 11.9 Å². The van der Waals surface area contributed by atoms with Crippen LogP contribution in [0.3, 0.4) is 0 Å². The third-order valence-corrected chi connectivity index (χ3v) is 6.34. The standard InChI is InChI=1S/C25H34N2O3/c1-5-19(24(29)27(6-2)7-3)12-11-18(4)20-17-25(13-15-26-16-14-25)30-22-10-8-9-21(28)23(20)22/h5,8-12,20,26,28H,4,6-7,13-17H2,1-3H3/b12-11-,19-5+. The van der Waals surface area contributed by atoms with Gasteiger partial charge in [0.05, 0.1) is 0 Å². The summed E-state index contributed by atoms with van der Waals surface area (Å²) >= 11 is 0. The van der Waals surface area contributed by atoms with Crippen LogP contribution in [0.25, 0.3) is 0 Å². The smallest absolute Gasteiger partial charge is 0.253 e. The van der Waals surface area contributed by atoms with Gasteiger partial charge in [-0.2, -0.15) is 0 Å². The number of fused-ring (bicyclic) bond motifs is 1. The van der Waals surface area contributed by atoms with Crippen LogP contribution in [0.15, 0.2) is 54.2 Å². The molecule has 1 atom stereocenters. The molecular formula is C25H34N2O3. The van der Waals surface area contributed by atoms with Crippen LogP contribution in [0.1, 0.15) is 51.5 Å². The van der Waals surface area contributed by atoms with Crippen molar-refractivity contribution in [2.75, 3.05) is 26.2 Å². The van der Waals surface area contributed by atoms with E-state index in [1.807, 2.05) is 56.0 Å². The molecule has 0 aliphatic carbocycles. The van der Waals surface area contributed by atoms with Crippen molar-refractivity contribution >= 4 is 5.91 Å². The average molecular weight is 411 g/mol. The van der Waals surface area contributed by atoms with Crippen LogP contribution in [0.5, 0.6) is 11.5 Å². The van der Waals surface area contributed by atoms with Crippen LogP contribution in [0.2, 0.25) is 0 Å². The first-order chi connectivity index (χ1) is 14.4. The number of phenolic OH excluding ortho intramolecular Hbond substituents is 1. The van der Waals surface area contributed by atoms with Crippen molar-refractivity contribution in [3.8, 4) is 11.5 Å². The molecule has 1 aromatic carbocycles. The van der Waals surface area contributed by atoms with E-state index in [9.17, 15) is 9.90 Å². The summed E-state index contributed by atoms with van der Waals surface area (Å²) in [6.07, 6.45) is 8.25.